The first-order valence-corrected chi connectivity index (χ1v) is 6.50. The van der Waals surface area contributed by atoms with Gasteiger partial charge in [0.05, 0.1) is 0 Å². The van der Waals surface area contributed by atoms with E-state index in [1.165, 1.54) is 0 Å². The van der Waals surface area contributed by atoms with Crippen molar-refractivity contribution in [3.63, 3.8) is 0 Å². The molecule has 1 N–H and O–H groups in total. The molecular formula is C14H16BrNO. The van der Waals surface area contributed by atoms with Crippen molar-refractivity contribution in [2.75, 3.05) is 7.05 Å². The Kier molecular flexibility index (Phi) is 4.02. The number of furan rings is 1. The van der Waals surface area contributed by atoms with Gasteiger partial charge in [-0.25, -0.2) is 0 Å². The van der Waals surface area contributed by atoms with E-state index in [4.69, 9.17) is 4.42 Å². The van der Waals surface area contributed by atoms with E-state index in [1.54, 1.807) is 0 Å². The highest BCUT2D eigenvalue weighted by molar-refractivity contribution is 9.10. The maximum atomic E-state index is 5.84. The number of rotatable bonds is 4. The minimum Gasteiger partial charge on any atom is -0.461 e. The SMILES string of the molecule is CNC(C)Cc1ccc(-c2cccc(Br)c2)o1. The van der Waals surface area contributed by atoms with Crippen LogP contribution in [-0.4, -0.2) is 13.1 Å². The molecular weight excluding hydrogens is 278 g/mol. The van der Waals surface area contributed by atoms with Gasteiger partial charge in [0.2, 0.25) is 0 Å². The van der Waals surface area contributed by atoms with Gasteiger partial charge in [0, 0.05) is 22.5 Å². The van der Waals surface area contributed by atoms with Gasteiger partial charge >= 0.3 is 0 Å². The van der Waals surface area contributed by atoms with Crippen molar-refractivity contribution < 1.29 is 4.42 Å². The fourth-order valence-electron chi connectivity index (χ4n) is 1.69. The summed E-state index contributed by atoms with van der Waals surface area (Å²) in [5.41, 5.74) is 1.10. The summed E-state index contributed by atoms with van der Waals surface area (Å²) in [5.74, 6) is 1.94. The van der Waals surface area contributed by atoms with Gasteiger partial charge in [-0.2, -0.15) is 0 Å². The van der Waals surface area contributed by atoms with E-state index in [1.807, 2.05) is 31.3 Å². The second kappa shape index (κ2) is 5.52. The number of benzene rings is 1. The van der Waals surface area contributed by atoms with Crippen LogP contribution in [0.4, 0.5) is 0 Å². The second-order valence-electron chi connectivity index (χ2n) is 4.17. The van der Waals surface area contributed by atoms with Crippen molar-refractivity contribution in [3.05, 3.63) is 46.6 Å². The van der Waals surface area contributed by atoms with Crippen LogP contribution >= 0.6 is 15.9 Å². The van der Waals surface area contributed by atoms with E-state index in [-0.39, 0.29) is 0 Å². The molecule has 0 bridgehead atoms. The molecule has 1 aromatic heterocycles. The van der Waals surface area contributed by atoms with E-state index >= 15 is 0 Å². The van der Waals surface area contributed by atoms with E-state index < -0.39 is 0 Å². The monoisotopic (exact) mass is 293 g/mol. The van der Waals surface area contributed by atoms with E-state index in [9.17, 15) is 0 Å². The van der Waals surface area contributed by atoms with Crippen molar-refractivity contribution in [2.24, 2.45) is 0 Å². The molecule has 1 atom stereocenters. The summed E-state index contributed by atoms with van der Waals surface area (Å²) in [5, 5.41) is 3.20. The van der Waals surface area contributed by atoms with Gasteiger partial charge in [-0.1, -0.05) is 28.1 Å². The molecule has 0 spiro atoms. The van der Waals surface area contributed by atoms with Crippen LogP contribution in [0.2, 0.25) is 0 Å². The lowest BCUT2D eigenvalue weighted by Crippen LogP contribution is -2.23. The predicted octanol–water partition coefficient (Wildman–Crippen LogP) is 3.86. The highest BCUT2D eigenvalue weighted by Crippen LogP contribution is 2.25. The zero-order valence-corrected chi connectivity index (χ0v) is 11.6. The summed E-state index contributed by atoms with van der Waals surface area (Å²) >= 11 is 3.47. The van der Waals surface area contributed by atoms with Crippen molar-refractivity contribution in [1.29, 1.82) is 0 Å². The summed E-state index contributed by atoms with van der Waals surface area (Å²) in [6.45, 7) is 2.14. The smallest absolute Gasteiger partial charge is 0.134 e. The van der Waals surface area contributed by atoms with Crippen molar-refractivity contribution in [2.45, 2.75) is 19.4 Å². The Hall–Kier alpha value is -1.06. The highest BCUT2D eigenvalue weighted by atomic mass is 79.9. The summed E-state index contributed by atoms with van der Waals surface area (Å²) in [4.78, 5) is 0. The first-order valence-electron chi connectivity index (χ1n) is 5.71. The molecule has 17 heavy (non-hydrogen) atoms. The third kappa shape index (κ3) is 3.20. The molecule has 0 aliphatic rings. The lowest BCUT2D eigenvalue weighted by atomic mass is 10.2. The topological polar surface area (TPSA) is 25.2 Å². The molecule has 0 saturated heterocycles. The maximum absolute atomic E-state index is 5.84. The summed E-state index contributed by atoms with van der Waals surface area (Å²) < 4.78 is 6.90. The number of hydrogen-bond acceptors (Lipinski definition) is 2. The van der Waals surface area contributed by atoms with Crippen molar-refractivity contribution in [1.82, 2.24) is 5.32 Å². The Morgan fingerprint density at radius 2 is 2.12 bits per heavy atom. The zero-order chi connectivity index (χ0) is 12.3. The highest BCUT2D eigenvalue weighted by Gasteiger charge is 2.07. The van der Waals surface area contributed by atoms with Crippen LogP contribution < -0.4 is 5.32 Å². The Labute approximate surface area is 110 Å². The Bertz CT molecular complexity index is 492. The minimum absolute atomic E-state index is 0.427. The molecule has 2 nitrogen and oxygen atoms in total. The quantitative estimate of drug-likeness (QED) is 0.926. The molecule has 3 heteroatoms. The Morgan fingerprint density at radius 3 is 2.82 bits per heavy atom. The molecule has 1 heterocycles. The van der Waals surface area contributed by atoms with Gasteiger partial charge in [0.25, 0.3) is 0 Å². The molecule has 0 amide bonds. The van der Waals surface area contributed by atoms with Crippen LogP contribution in [0.15, 0.2) is 45.3 Å². The fraction of sp³-hybridized carbons (Fsp3) is 0.286. The molecule has 2 aromatic rings. The molecule has 0 fully saturated rings. The van der Waals surface area contributed by atoms with Crippen LogP contribution in [0.25, 0.3) is 11.3 Å². The number of likely N-dealkylation sites (N-methyl/N-ethyl adjacent to an activating group) is 1. The average molecular weight is 294 g/mol. The minimum atomic E-state index is 0.427. The van der Waals surface area contributed by atoms with Crippen LogP contribution in [0.1, 0.15) is 12.7 Å². The van der Waals surface area contributed by atoms with Crippen LogP contribution in [-0.2, 0) is 6.42 Å². The molecule has 0 aliphatic heterocycles. The van der Waals surface area contributed by atoms with Gasteiger partial charge in [0.15, 0.2) is 0 Å². The van der Waals surface area contributed by atoms with E-state index in [0.717, 1.165) is 28.0 Å². The lowest BCUT2D eigenvalue weighted by molar-refractivity contribution is 0.481. The van der Waals surface area contributed by atoms with Gasteiger partial charge in [-0.15, -0.1) is 0 Å². The largest absolute Gasteiger partial charge is 0.461 e. The van der Waals surface area contributed by atoms with Crippen molar-refractivity contribution >= 4 is 15.9 Å². The number of halogens is 1. The van der Waals surface area contributed by atoms with Crippen LogP contribution in [0.3, 0.4) is 0 Å². The zero-order valence-electron chi connectivity index (χ0n) is 10.0. The third-order valence-electron chi connectivity index (χ3n) is 2.77. The average Bonchev–Trinajstić information content (AvgIpc) is 2.77. The molecule has 1 unspecified atom stereocenters. The molecule has 2 rings (SSSR count). The van der Waals surface area contributed by atoms with E-state index in [2.05, 4.69) is 40.3 Å². The molecule has 90 valence electrons. The van der Waals surface area contributed by atoms with Gasteiger partial charge in [-0.05, 0) is 38.2 Å². The molecule has 0 radical (unpaired) electrons. The van der Waals surface area contributed by atoms with Crippen LogP contribution in [0.5, 0.6) is 0 Å². The standard InChI is InChI=1S/C14H16BrNO/c1-10(16-2)8-13-6-7-14(17-13)11-4-3-5-12(15)9-11/h3-7,9-10,16H,8H2,1-2H3. The first-order chi connectivity index (χ1) is 8.19. The molecule has 0 aliphatic carbocycles. The summed E-state index contributed by atoms with van der Waals surface area (Å²) in [6, 6.07) is 12.6. The normalized spacial score (nSPS) is 12.6. The molecule has 0 saturated carbocycles. The summed E-state index contributed by atoms with van der Waals surface area (Å²) in [7, 11) is 1.96. The van der Waals surface area contributed by atoms with Crippen LogP contribution in [0, 0.1) is 0 Å². The third-order valence-corrected chi connectivity index (χ3v) is 3.26. The molecule has 1 aromatic carbocycles. The predicted molar refractivity (Wildman–Crippen MR) is 74.1 cm³/mol. The Morgan fingerprint density at radius 1 is 1.29 bits per heavy atom. The van der Waals surface area contributed by atoms with Gasteiger partial charge in [0.1, 0.15) is 11.5 Å². The van der Waals surface area contributed by atoms with Crippen molar-refractivity contribution in [3.8, 4) is 11.3 Å². The van der Waals surface area contributed by atoms with Gasteiger partial charge < -0.3 is 9.73 Å². The fourth-order valence-corrected chi connectivity index (χ4v) is 2.09. The number of nitrogens with one attached hydrogen (secondary N) is 1. The first kappa shape index (κ1) is 12.4. The van der Waals surface area contributed by atoms with Gasteiger partial charge in [-0.3, -0.25) is 0 Å². The summed E-state index contributed by atoms with van der Waals surface area (Å²) in [6.07, 6.45) is 0.907. The lowest BCUT2D eigenvalue weighted by Gasteiger charge is -2.06. The second-order valence-corrected chi connectivity index (χ2v) is 5.09. The van der Waals surface area contributed by atoms with E-state index in [0.29, 0.717) is 6.04 Å². The Balaban J connectivity index is 2.18. The maximum Gasteiger partial charge on any atom is 0.134 e. The number of hydrogen-bond donors (Lipinski definition) is 1.